The Hall–Kier alpha value is -1.30. The molecule has 5 nitrogen and oxygen atoms in total. The summed E-state index contributed by atoms with van der Waals surface area (Å²) >= 11 is 0. The van der Waals surface area contributed by atoms with Crippen molar-refractivity contribution in [2.24, 2.45) is 0 Å². The number of aliphatic hydroxyl groups is 1. The van der Waals surface area contributed by atoms with Crippen molar-refractivity contribution in [2.75, 3.05) is 18.5 Å². The number of carbonyl (C=O) groups excluding carboxylic acids is 1. The first kappa shape index (κ1) is 18.7. The van der Waals surface area contributed by atoms with Crippen LogP contribution >= 0.6 is 12.4 Å². The van der Waals surface area contributed by atoms with Crippen LogP contribution in [0, 0.1) is 0 Å². The van der Waals surface area contributed by atoms with Crippen LogP contribution in [0.3, 0.4) is 0 Å². The highest BCUT2D eigenvalue weighted by molar-refractivity contribution is 5.94. The first-order valence-electron chi connectivity index (χ1n) is 7.43. The molecule has 1 amide bonds. The van der Waals surface area contributed by atoms with Crippen LogP contribution in [0.2, 0.25) is 0 Å². The van der Waals surface area contributed by atoms with E-state index in [9.17, 15) is 9.90 Å². The van der Waals surface area contributed by atoms with Gasteiger partial charge in [0.1, 0.15) is 18.5 Å². The fourth-order valence-electron chi connectivity index (χ4n) is 2.36. The fraction of sp³-hybridized carbons (Fsp3) is 0.562. The highest BCUT2D eigenvalue weighted by Gasteiger charge is 2.22. The summed E-state index contributed by atoms with van der Waals surface area (Å²) in [5, 5.41) is 15.9. The molecule has 0 radical (unpaired) electrons. The van der Waals surface area contributed by atoms with Gasteiger partial charge in [-0.3, -0.25) is 4.79 Å². The van der Waals surface area contributed by atoms with E-state index >= 15 is 0 Å². The Morgan fingerprint density at radius 2 is 2.18 bits per heavy atom. The van der Waals surface area contributed by atoms with E-state index in [1.165, 1.54) is 0 Å². The molecule has 2 atom stereocenters. The second-order valence-corrected chi connectivity index (χ2v) is 5.93. The maximum atomic E-state index is 11.5. The molecule has 0 aliphatic carbocycles. The van der Waals surface area contributed by atoms with Crippen LogP contribution in [-0.2, 0) is 4.79 Å². The van der Waals surface area contributed by atoms with E-state index in [1.807, 2.05) is 39.0 Å². The smallest absolute Gasteiger partial charge is 0.224 e. The quantitative estimate of drug-likeness (QED) is 0.749. The summed E-state index contributed by atoms with van der Waals surface area (Å²) in [5.41, 5.74) is 1.94. The average molecular weight is 329 g/mol. The van der Waals surface area contributed by atoms with Gasteiger partial charge in [-0.2, -0.15) is 0 Å². The number of rotatable bonds is 6. The van der Waals surface area contributed by atoms with E-state index < -0.39 is 6.10 Å². The standard InChI is InChI=1S/C16H24N2O3.ClH/c1-10(2)17-8-12(19)9-21-13-4-5-15-14(7-13)11(3)6-16(20)18-15;/h4-5,7,10-12,17,19H,6,8-9H2,1-3H3,(H,18,20);1H. The van der Waals surface area contributed by atoms with Gasteiger partial charge >= 0.3 is 0 Å². The van der Waals surface area contributed by atoms with Gasteiger partial charge in [0.05, 0.1) is 0 Å². The molecule has 6 heteroatoms. The third kappa shape index (κ3) is 5.16. The van der Waals surface area contributed by atoms with E-state index in [0.717, 1.165) is 17.0 Å². The number of carbonyl (C=O) groups is 1. The number of fused-ring (bicyclic) bond motifs is 1. The minimum atomic E-state index is -0.541. The van der Waals surface area contributed by atoms with Crippen LogP contribution in [-0.4, -0.2) is 36.3 Å². The van der Waals surface area contributed by atoms with E-state index in [0.29, 0.717) is 19.0 Å². The van der Waals surface area contributed by atoms with Crippen molar-refractivity contribution in [3.8, 4) is 5.75 Å². The third-order valence-electron chi connectivity index (χ3n) is 3.52. The lowest BCUT2D eigenvalue weighted by Crippen LogP contribution is -2.35. The van der Waals surface area contributed by atoms with Crippen LogP contribution in [0.15, 0.2) is 18.2 Å². The predicted molar refractivity (Wildman–Crippen MR) is 90.0 cm³/mol. The van der Waals surface area contributed by atoms with E-state index in [2.05, 4.69) is 10.6 Å². The Bertz CT molecular complexity index is 508. The number of nitrogens with one attached hydrogen (secondary N) is 2. The normalized spacial score (nSPS) is 18.2. The molecule has 1 aromatic rings. The lowest BCUT2D eigenvalue weighted by molar-refractivity contribution is -0.116. The lowest BCUT2D eigenvalue weighted by atomic mass is 9.92. The number of hydrogen-bond acceptors (Lipinski definition) is 4. The molecule has 1 aliphatic rings. The average Bonchev–Trinajstić information content (AvgIpc) is 2.43. The number of ether oxygens (including phenoxy) is 1. The summed E-state index contributed by atoms with van der Waals surface area (Å²) in [4.78, 5) is 11.5. The summed E-state index contributed by atoms with van der Waals surface area (Å²) < 4.78 is 5.64. The molecule has 2 rings (SSSR count). The number of hydrogen-bond donors (Lipinski definition) is 3. The van der Waals surface area contributed by atoms with Crippen LogP contribution < -0.4 is 15.4 Å². The van der Waals surface area contributed by atoms with Crippen molar-refractivity contribution in [2.45, 2.75) is 45.3 Å². The number of anilines is 1. The van der Waals surface area contributed by atoms with E-state index in [1.54, 1.807) is 0 Å². The Balaban J connectivity index is 0.00000242. The maximum Gasteiger partial charge on any atom is 0.224 e. The largest absolute Gasteiger partial charge is 0.491 e. The number of halogens is 1. The van der Waals surface area contributed by atoms with Crippen LogP contribution in [0.25, 0.3) is 0 Å². The molecule has 1 aliphatic heterocycles. The molecule has 0 fully saturated rings. The molecule has 0 saturated heterocycles. The van der Waals surface area contributed by atoms with Crippen LogP contribution in [0.5, 0.6) is 5.75 Å². The third-order valence-corrected chi connectivity index (χ3v) is 3.52. The molecule has 2 unspecified atom stereocenters. The van der Waals surface area contributed by atoms with Gasteiger partial charge in [0.15, 0.2) is 0 Å². The van der Waals surface area contributed by atoms with Gasteiger partial charge in [-0.05, 0) is 29.7 Å². The van der Waals surface area contributed by atoms with Crippen molar-refractivity contribution in [3.63, 3.8) is 0 Å². The van der Waals surface area contributed by atoms with Gasteiger partial charge in [0.2, 0.25) is 5.91 Å². The summed E-state index contributed by atoms with van der Waals surface area (Å²) in [6.07, 6.45) is -0.0437. The monoisotopic (exact) mass is 328 g/mol. The highest BCUT2D eigenvalue weighted by atomic mass is 35.5. The topological polar surface area (TPSA) is 70.6 Å². The summed E-state index contributed by atoms with van der Waals surface area (Å²) in [6, 6.07) is 5.96. The van der Waals surface area contributed by atoms with Crippen molar-refractivity contribution >= 4 is 24.0 Å². The minimum absolute atomic E-state index is 0. The second-order valence-electron chi connectivity index (χ2n) is 5.93. The Kier molecular flexibility index (Phi) is 7.13. The maximum absolute atomic E-state index is 11.5. The molecular weight excluding hydrogens is 304 g/mol. The molecule has 1 aromatic carbocycles. The lowest BCUT2D eigenvalue weighted by Gasteiger charge is -2.23. The Morgan fingerprint density at radius 1 is 1.45 bits per heavy atom. The fourth-order valence-corrected chi connectivity index (χ4v) is 2.36. The predicted octanol–water partition coefficient (Wildman–Crippen LogP) is 2.29. The van der Waals surface area contributed by atoms with Crippen LogP contribution in [0.1, 0.15) is 38.7 Å². The van der Waals surface area contributed by atoms with Gasteiger partial charge in [-0.15, -0.1) is 12.4 Å². The molecule has 3 N–H and O–H groups in total. The summed E-state index contributed by atoms with van der Waals surface area (Å²) in [5.74, 6) is 0.962. The van der Waals surface area contributed by atoms with E-state index in [-0.39, 0.29) is 30.8 Å². The number of benzene rings is 1. The molecule has 124 valence electrons. The molecular formula is C16H25ClN2O3. The van der Waals surface area contributed by atoms with E-state index in [4.69, 9.17) is 4.74 Å². The Morgan fingerprint density at radius 3 is 2.86 bits per heavy atom. The molecule has 0 aromatic heterocycles. The van der Waals surface area contributed by atoms with Crippen LogP contribution in [0.4, 0.5) is 5.69 Å². The molecule has 0 spiro atoms. The summed E-state index contributed by atoms with van der Waals surface area (Å²) in [7, 11) is 0. The zero-order chi connectivity index (χ0) is 15.4. The first-order valence-corrected chi connectivity index (χ1v) is 7.43. The minimum Gasteiger partial charge on any atom is -0.491 e. The van der Waals surface area contributed by atoms with Crippen molar-refractivity contribution in [1.82, 2.24) is 5.32 Å². The number of aliphatic hydroxyl groups excluding tert-OH is 1. The molecule has 0 saturated carbocycles. The highest BCUT2D eigenvalue weighted by Crippen LogP contribution is 2.34. The zero-order valence-corrected chi connectivity index (χ0v) is 14.1. The van der Waals surface area contributed by atoms with Crippen molar-refractivity contribution in [3.05, 3.63) is 23.8 Å². The van der Waals surface area contributed by atoms with Gasteiger partial charge in [-0.25, -0.2) is 0 Å². The van der Waals surface area contributed by atoms with Gasteiger partial charge in [0, 0.05) is 24.7 Å². The molecule has 0 bridgehead atoms. The SMILES string of the molecule is CC(C)NCC(O)COc1ccc2c(c1)C(C)CC(=O)N2.Cl. The van der Waals surface area contributed by atoms with Gasteiger partial charge in [-0.1, -0.05) is 20.8 Å². The number of amides is 1. The first-order chi connectivity index (χ1) is 9.95. The molecule has 1 heterocycles. The van der Waals surface area contributed by atoms with Crippen molar-refractivity contribution in [1.29, 1.82) is 0 Å². The molecule has 22 heavy (non-hydrogen) atoms. The Labute approximate surface area is 137 Å². The summed E-state index contributed by atoms with van der Waals surface area (Å²) in [6.45, 7) is 6.86. The van der Waals surface area contributed by atoms with Crippen molar-refractivity contribution < 1.29 is 14.6 Å². The van der Waals surface area contributed by atoms with Gasteiger partial charge < -0.3 is 20.5 Å². The second kappa shape index (κ2) is 8.36. The van der Waals surface area contributed by atoms with Gasteiger partial charge in [0.25, 0.3) is 0 Å². The zero-order valence-electron chi connectivity index (χ0n) is 13.3.